The molecule has 3 nitrogen and oxygen atoms in total. The Labute approximate surface area is 113 Å². The van der Waals surface area contributed by atoms with Crippen LogP contribution in [0.5, 0.6) is 0 Å². The fourth-order valence-electron chi connectivity index (χ4n) is 2.46. The summed E-state index contributed by atoms with van der Waals surface area (Å²) in [6.07, 6.45) is 3.30. The average molecular weight is 264 g/mol. The van der Waals surface area contributed by atoms with Crippen LogP contribution in [0.1, 0.15) is 35.2 Å². The molecule has 1 aliphatic rings. The molecule has 0 saturated carbocycles. The van der Waals surface area contributed by atoms with E-state index < -0.39 is 5.82 Å². The first-order valence-electron chi connectivity index (χ1n) is 6.92. The molecule has 104 valence electrons. The zero-order valence-electron chi connectivity index (χ0n) is 11.3. The summed E-state index contributed by atoms with van der Waals surface area (Å²) in [5, 5.41) is 6.12. The third kappa shape index (κ3) is 4.03. The molecule has 1 heterocycles. The van der Waals surface area contributed by atoms with Gasteiger partial charge in [-0.2, -0.15) is 0 Å². The van der Waals surface area contributed by atoms with Crippen molar-refractivity contribution in [3.63, 3.8) is 0 Å². The molecule has 2 rings (SSSR count). The van der Waals surface area contributed by atoms with Crippen molar-refractivity contribution in [2.75, 3.05) is 19.6 Å². The number of rotatable bonds is 4. The van der Waals surface area contributed by atoms with Gasteiger partial charge in [-0.3, -0.25) is 4.79 Å². The van der Waals surface area contributed by atoms with Gasteiger partial charge < -0.3 is 10.6 Å². The highest BCUT2D eigenvalue weighted by molar-refractivity contribution is 5.94. The lowest BCUT2D eigenvalue weighted by molar-refractivity contribution is 0.0946. The van der Waals surface area contributed by atoms with Crippen molar-refractivity contribution in [2.24, 2.45) is 5.92 Å². The maximum absolute atomic E-state index is 13.6. The van der Waals surface area contributed by atoms with E-state index in [1.54, 1.807) is 12.1 Å². The third-order valence-electron chi connectivity index (χ3n) is 3.67. The van der Waals surface area contributed by atoms with Gasteiger partial charge in [0, 0.05) is 6.54 Å². The summed E-state index contributed by atoms with van der Waals surface area (Å²) in [6.45, 7) is 4.55. The number of hydrogen-bond acceptors (Lipinski definition) is 2. The van der Waals surface area contributed by atoms with Gasteiger partial charge in [0.1, 0.15) is 5.82 Å². The van der Waals surface area contributed by atoms with Crippen molar-refractivity contribution >= 4 is 5.91 Å². The minimum atomic E-state index is -0.445. The molecule has 1 fully saturated rings. The summed E-state index contributed by atoms with van der Waals surface area (Å²) in [5.41, 5.74) is 0.958. The molecule has 19 heavy (non-hydrogen) atoms. The number of benzene rings is 1. The van der Waals surface area contributed by atoms with E-state index in [0.717, 1.165) is 37.9 Å². The first-order chi connectivity index (χ1) is 9.16. The highest BCUT2D eigenvalue weighted by atomic mass is 19.1. The second-order valence-electron chi connectivity index (χ2n) is 5.22. The van der Waals surface area contributed by atoms with Gasteiger partial charge in [0.05, 0.1) is 5.56 Å². The summed E-state index contributed by atoms with van der Waals surface area (Å²) < 4.78 is 13.6. The molecule has 2 N–H and O–H groups in total. The molecule has 1 aromatic rings. The van der Waals surface area contributed by atoms with Crippen LogP contribution < -0.4 is 10.6 Å². The van der Waals surface area contributed by atoms with Gasteiger partial charge in [-0.1, -0.05) is 6.07 Å². The Kier molecular flexibility index (Phi) is 4.91. The minimum absolute atomic E-state index is 0.135. The summed E-state index contributed by atoms with van der Waals surface area (Å²) in [4.78, 5) is 11.9. The number of carbonyl (C=O) groups excluding carboxylic acids is 1. The Hall–Kier alpha value is -1.42. The highest BCUT2D eigenvalue weighted by Gasteiger charge is 2.14. The summed E-state index contributed by atoms with van der Waals surface area (Å²) in [6, 6.07) is 4.69. The van der Waals surface area contributed by atoms with Crippen LogP contribution in [0.15, 0.2) is 18.2 Å². The molecular formula is C15H21FN2O. The Morgan fingerprint density at radius 1 is 1.42 bits per heavy atom. The van der Waals surface area contributed by atoms with Crippen LogP contribution in [0.25, 0.3) is 0 Å². The fourth-order valence-corrected chi connectivity index (χ4v) is 2.46. The number of hydrogen-bond donors (Lipinski definition) is 2. The normalized spacial score (nSPS) is 16.3. The number of halogens is 1. The van der Waals surface area contributed by atoms with Crippen molar-refractivity contribution in [3.05, 3.63) is 35.1 Å². The predicted octanol–water partition coefficient (Wildman–Crippen LogP) is 2.25. The summed E-state index contributed by atoms with van der Waals surface area (Å²) in [5.74, 6) is -0.0878. The first kappa shape index (κ1) is 14.0. The molecule has 0 aliphatic carbocycles. The zero-order valence-corrected chi connectivity index (χ0v) is 11.3. The van der Waals surface area contributed by atoms with Gasteiger partial charge in [-0.05, 0) is 62.9 Å². The van der Waals surface area contributed by atoms with Crippen LogP contribution in [0.3, 0.4) is 0 Å². The summed E-state index contributed by atoms with van der Waals surface area (Å²) >= 11 is 0. The van der Waals surface area contributed by atoms with Gasteiger partial charge in [0.25, 0.3) is 5.91 Å². The lowest BCUT2D eigenvalue weighted by Gasteiger charge is -2.22. The molecule has 0 bridgehead atoms. The van der Waals surface area contributed by atoms with E-state index in [2.05, 4.69) is 10.6 Å². The van der Waals surface area contributed by atoms with Crippen molar-refractivity contribution in [2.45, 2.75) is 26.2 Å². The SMILES string of the molecule is Cc1ccc(C(=O)NCCC2CCNCC2)c(F)c1. The smallest absolute Gasteiger partial charge is 0.254 e. The largest absolute Gasteiger partial charge is 0.352 e. The van der Waals surface area contributed by atoms with Crippen molar-refractivity contribution in [3.8, 4) is 0 Å². The van der Waals surface area contributed by atoms with Gasteiger partial charge in [0.15, 0.2) is 0 Å². The average Bonchev–Trinajstić information content (AvgIpc) is 2.39. The number of nitrogens with one attached hydrogen (secondary N) is 2. The van der Waals surface area contributed by atoms with E-state index in [1.165, 1.54) is 6.07 Å². The maximum atomic E-state index is 13.6. The van der Waals surface area contributed by atoms with Crippen LogP contribution in [0.2, 0.25) is 0 Å². The van der Waals surface area contributed by atoms with Crippen LogP contribution in [0.4, 0.5) is 4.39 Å². The molecule has 1 aliphatic heterocycles. The van der Waals surface area contributed by atoms with E-state index >= 15 is 0 Å². The number of carbonyl (C=O) groups is 1. The van der Waals surface area contributed by atoms with E-state index in [9.17, 15) is 9.18 Å². The van der Waals surface area contributed by atoms with E-state index in [1.807, 2.05) is 6.92 Å². The van der Waals surface area contributed by atoms with Crippen LogP contribution in [-0.4, -0.2) is 25.5 Å². The van der Waals surface area contributed by atoms with E-state index in [-0.39, 0.29) is 11.5 Å². The first-order valence-corrected chi connectivity index (χ1v) is 6.92. The van der Waals surface area contributed by atoms with Crippen LogP contribution in [-0.2, 0) is 0 Å². The zero-order chi connectivity index (χ0) is 13.7. The molecule has 1 saturated heterocycles. The number of amides is 1. The molecule has 4 heteroatoms. The molecular weight excluding hydrogens is 243 g/mol. The molecule has 0 unspecified atom stereocenters. The van der Waals surface area contributed by atoms with Gasteiger partial charge in [-0.25, -0.2) is 4.39 Å². The number of aryl methyl sites for hydroxylation is 1. The second kappa shape index (κ2) is 6.66. The predicted molar refractivity (Wildman–Crippen MR) is 73.7 cm³/mol. The Bertz CT molecular complexity index is 442. The van der Waals surface area contributed by atoms with Gasteiger partial charge in [-0.15, -0.1) is 0 Å². The molecule has 0 atom stereocenters. The standard InChI is InChI=1S/C15H21FN2O/c1-11-2-3-13(14(16)10-11)15(19)18-9-6-12-4-7-17-8-5-12/h2-3,10,12,17H,4-9H2,1H3,(H,18,19). The van der Waals surface area contributed by atoms with Crippen molar-refractivity contribution in [1.29, 1.82) is 0 Å². The van der Waals surface area contributed by atoms with E-state index in [0.29, 0.717) is 12.5 Å². The van der Waals surface area contributed by atoms with Crippen molar-refractivity contribution < 1.29 is 9.18 Å². The van der Waals surface area contributed by atoms with Gasteiger partial charge in [0.2, 0.25) is 0 Å². The fraction of sp³-hybridized carbons (Fsp3) is 0.533. The minimum Gasteiger partial charge on any atom is -0.352 e. The molecule has 1 aromatic carbocycles. The second-order valence-corrected chi connectivity index (χ2v) is 5.22. The Morgan fingerprint density at radius 3 is 2.84 bits per heavy atom. The molecule has 0 spiro atoms. The molecule has 0 radical (unpaired) electrons. The molecule has 1 amide bonds. The van der Waals surface area contributed by atoms with E-state index in [4.69, 9.17) is 0 Å². The van der Waals surface area contributed by atoms with Crippen molar-refractivity contribution in [1.82, 2.24) is 10.6 Å². The van der Waals surface area contributed by atoms with Crippen LogP contribution >= 0.6 is 0 Å². The lowest BCUT2D eigenvalue weighted by atomic mass is 9.95. The molecule has 0 aromatic heterocycles. The highest BCUT2D eigenvalue weighted by Crippen LogP contribution is 2.15. The monoisotopic (exact) mass is 264 g/mol. The Balaban J connectivity index is 1.80. The maximum Gasteiger partial charge on any atom is 0.254 e. The van der Waals surface area contributed by atoms with Crippen LogP contribution in [0, 0.1) is 18.7 Å². The quantitative estimate of drug-likeness (QED) is 0.875. The summed E-state index contributed by atoms with van der Waals surface area (Å²) in [7, 11) is 0. The Morgan fingerprint density at radius 2 is 2.16 bits per heavy atom. The lowest BCUT2D eigenvalue weighted by Crippen LogP contribution is -2.31. The number of piperidine rings is 1. The van der Waals surface area contributed by atoms with Gasteiger partial charge >= 0.3 is 0 Å². The topological polar surface area (TPSA) is 41.1 Å². The third-order valence-corrected chi connectivity index (χ3v) is 3.67.